The number of nitrogens with one attached hydrogen (secondary N) is 3. The lowest BCUT2D eigenvalue weighted by Crippen LogP contribution is -2.84. The maximum atomic E-state index is 12.0. The lowest BCUT2D eigenvalue weighted by Gasteiger charge is -2.70. The first-order chi connectivity index (χ1) is 11.4. The monoisotopic (exact) mass is 371 g/mol. The molecule has 3 N–H and O–H groups in total. The van der Waals surface area contributed by atoms with Gasteiger partial charge in [-0.25, -0.2) is 0 Å². The lowest BCUT2D eigenvalue weighted by atomic mass is 9.44. The van der Waals surface area contributed by atoms with Gasteiger partial charge < -0.3 is 20.7 Å². The number of carbonyl (C=O) groups is 2. The highest BCUT2D eigenvalue weighted by molar-refractivity contribution is 6.42. The van der Waals surface area contributed by atoms with Crippen LogP contribution in [-0.4, -0.2) is 43.1 Å². The normalized spacial score (nSPS) is 26.8. The van der Waals surface area contributed by atoms with E-state index in [1.54, 1.807) is 25.2 Å². The molecule has 2 amide bonds. The van der Waals surface area contributed by atoms with E-state index in [2.05, 4.69) is 16.0 Å². The molecule has 1 aromatic rings. The summed E-state index contributed by atoms with van der Waals surface area (Å²) in [7, 11) is 1.73. The number of carbonyl (C=O) groups excluding carboxylic acids is 2. The van der Waals surface area contributed by atoms with Gasteiger partial charge in [0, 0.05) is 17.1 Å². The van der Waals surface area contributed by atoms with Crippen LogP contribution in [0, 0.1) is 0 Å². The second kappa shape index (κ2) is 6.43. The van der Waals surface area contributed by atoms with Crippen LogP contribution in [-0.2, 0) is 9.59 Å². The summed E-state index contributed by atoms with van der Waals surface area (Å²) in [6.07, 6.45) is 2.32. The Morgan fingerprint density at radius 1 is 1.08 bits per heavy atom. The molecule has 4 rings (SSSR count). The lowest BCUT2D eigenvalue weighted by molar-refractivity contribution is -0.150. The summed E-state index contributed by atoms with van der Waals surface area (Å²) < 4.78 is 5.42. The van der Waals surface area contributed by atoms with Gasteiger partial charge in [0.25, 0.3) is 5.91 Å². The van der Waals surface area contributed by atoms with Crippen molar-refractivity contribution in [2.24, 2.45) is 0 Å². The fourth-order valence-electron chi connectivity index (χ4n) is 3.60. The third kappa shape index (κ3) is 3.45. The Balaban J connectivity index is 1.41. The summed E-state index contributed by atoms with van der Waals surface area (Å²) in [5.41, 5.74) is -0.323. The maximum Gasteiger partial charge on any atom is 0.258 e. The number of benzene rings is 1. The minimum atomic E-state index is -0.189. The summed E-state index contributed by atoms with van der Waals surface area (Å²) in [6.45, 7) is 0.220. The highest BCUT2D eigenvalue weighted by Crippen LogP contribution is 2.60. The molecule has 0 aromatic heterocycles. The van der Waals surface area contributed by atoms with Crippen molar-refractivity contribution in [1.82, 2.24) is 16.0 Å². The molecule has 3 aliphatic rings. The van der Waals surface area contributed by atoms with Crippen LogP contribution in [0.1, 0.15) is 19.3 Å². The van der Waals surface area contributed by atoms with Crippen LogP contribution in [0.4, 0.5) is 0 Å². The Hall–Kier alpha value is -1.50. The fraction of sp³-hybridized carbons (Fsp3) is 0.500. The van der Waals surface area contributed by atoms with Gasteiger partial charge in [-0.2, -0.15) is 0 Å². The second-order valence-corrected chi connectivity index (χ2v) is 7.40. The number of likely N-dealkylation sites (N-methyl/N-ethyl adjacent to an activating group) is 1. The molecule has 3 aliphatic carbocycles. The van der Waals surface area contributed by atoms with Crippen molar-refractivity contribution in [3.8, 4) is 5.75 Å². The highest BCUT2D eigenvalue weighted by Gasteiger charge is 2.69. The number of hydrogen-bond acceptors (Lipinski definition) is 4. The third-order valence-corrected chi connectivity index (χ3v) is 5.18. The van der Waals surface area contributed by atoms with Crippen molar-refractivity contribution < 1.29 is 14.3 Å². The molecule has 6 nitrogen and oxygen atoms in total. The van der Waals surface area contributed by atoms with Crippen molar-refractivity contribution in [2.75, 3.05) is 20.2 Å². The predicted octanol–water partition coefficient (Wildman–Crippen LogP) is 1.50. The Morgan fingerprint density at radius 3 is 2.29 bits per heavy atom. The minimum absolute atomic E-state index is 0.0138. The summed E-state index contributed by atoms with van der Waals surface area (Å²) >= 11 is 11.7. The van der Waals surface area contributed by atoms with E-state index >= 15 is 0 Å². The molecule has 3 saturated carbocycles. The quantitative estimate of drug-likeness (QED) is 0.678. The number of ether oxygens (including phenoxy) is 1. The van der Waals surface area contributed by atoms with E-state index in [0.717, 1.165) is 19.3 Å². The molecular weight excluding hydrogens is 353 g/mol. The Labute approximate surface area is 150 Å². The molecule has 24 heavy (non-hydrogen) atoms. The van der Waals surface area contributed by atoms with Crippen molar-refractivity contribution >= 4 is 35.0 Å². The van der Waals surface area contributed by atoms with Gasteiger partial charge >= 0.3 is 0 Å². The molecule has 0 heterocycles. The van der Waals surface area contributed by atoms with Gasteiger partial charge in [0.2, 0.25) is 5.91 Å². The van der Waals surface area contributed by atoms with Crippen molar-refractivity contribution in [1.29, 1.82) is 0 Å². The average molecular weight is 372 g/mol. The standard InChI is InChI=1S/C16H19Cl2N3O3/c1-19-5-13(22)20-15-7-16(8-15,9-15)21-14(23)6-24-10-2-3-11(17)12(18)4-10/h2-4,19H,5-9H2,1H3,(H,20,22)(H,21,23). The Bertz CT molecular complexity index is 661. The summed E-state index contributed by atoms with van der Waals surface area (Å²) in [5, 5.41) is 9.65. The maximum absolute atomic E-state index is 12.0. The van der Waals surface area contributed by atoms with Crippen molar-refractivity contribution in [2.45, 2.75) is 30.3 Å². The molecule has 1 aromatic carbocycles. The molecule has 0 spiro atoms. The highest BCUT2D eigenvalue weighted by atomic mass is 35.5. The summed E-state index contributed by atoms with van der Waals surface area (Å²) in [5.74, 6) is 0.295. The van der Waals surface area contributed by atoms with Crippen LogP contribution < -0.4 is 20.7 Å². The average Bonchev–Trinajstić information content (AvgIpc) is 2.45. The van der Waals surface area contributed by atoms with E-state index in [9.17, 15) is 9.59 Å². The predicted molar refractivity (Wildman–Crippen MR) is 91.5 cm³/mol. The number of rotatable bonds is 7. The Morgan fingerprint density at radius 2 is 1.71 bits per heavy atom. The van der Waals surface area contributed by atoms with Crippen LogP contribution in [0.25, 0.3) is 0 Å². The first kappa shape index (κ1) is 17.3. The van der Waals surface area contributed by atoms with E-state index in [0.29, 0.717) is 22.3 Å². The molecule has 0 unspecified atom stereocenters. The first-order valence-corrected chi connectivity index (χ1v) is 8.45. The van der Waals surface area contributed by atoms with Crippen LogP contribution >= 0.6 is 23.2 Å². The number of halogens is 2. The van der Waals surface area contributed by atoms with E-state index in [1.807, 2.05) is 0 Å². The van der Waals surface area contributed by atoms with Gasteiger partial charge in [-0.1, -0.05) is 23.2 Å². The van der Waals surface area contributed by atoms with Gasteiger partial charge in [0.05, 0.1) is 16.6 Å². The molecule has 0 radical (unpaired) electrons. The van der Waals surface area contributed by atoms with Gasteiger partial charge in [-0.3, -0.25) is 9.59 Å². The minimum Gasteiger partial charge on any atom is -0.484 e. The zero-order valence-electron chi connectivity index (χ0n) is 13.2. The molecule has 3 fully saturated rings. The molecular formula is C16H19Cl2N3O3. The SMILES string of the molecule is CNCC(=O)NC12CC(NC(=O)COc3ccc(Cl)c(Cl)c3)(C1)C2. The van der Waals surface area contributed by atoms with Crippen LogP contribution in [0.5, 0.6) is 5.75 Å². The number of amides is 2. The zero-order valence-corrected chi connectivity index (χ0v) is 14.8. The van der Waals surface area contributed by atoms with E-state index < -0.39 is 0 Å². The molecule has 0 saturated heterocycles. The first-order valence-electron chi connectivity index (χ1n) is 7.70. The van der Waals surface area contributed by atoms with Crippen molar-refractivity contribution in [3.05, 3.63) is 28.2 Å². The van der Waals surface area contributed by atoms with Crippen LogP contribution in [0.3, 0.4) is 0 Å². The molecule has 8 heteroatoms. The van der Waals surface area contributed by atoms with Gasteiger partial charge in [-0.05, 0) is 38.4 Å². The largest absolute Gasteiger partial charge is 0.484 e. The summed E-state index contributed by atoms with van der Waals surface area (Å²) in [4.78, 5) is 23.7. The van der Waals surface area contributed by atoms with Crippen molar-refractivity contribution in [3.63, 3.8) is 0 Å². The third-order valence-electron chi connectivity index (χ3n) is 4.44. The number of hydrogen-bond donors (Lipinski definition) is 3. The molecule has 2 bridgehead atoms. The Kier molecular flexibility index (Phi) is 4.64. The summed E-state index contributed by atoms with van der Waals surface area (Å²) in [6, 6.07) is 4.86. The van der Waals surface area contributed by atoms with Crippen LogP contribution in [0.2, 0.25) is 10.0 Å². The molecule has 130 valence electrons. The van der Waals surface area contributed by atoms with E-state index in [4.69, 9.17) is 27.9 Å². The van der Waals surface area contributed by atoms with Gasteiger partial charge in [0.15, 0.2) is 6.61 Å². The van der Waals surface area contributed by atoms with Crippen LogP contribution in [0.15, 0.2) is 18.2 Å². The molecule has 0 atom stereocenters. The molecule has 0 aliphatic heterocycles. The smallest absolute Gasteiger partial charge is 0.258 e. The second-order valence-electron chi connectivity index (χ2n) is 6.58. The van der Waals surface area contributed by atoms with E-state index in [-0.39, 0.29) is 29.5 Å². The van der Waals surface area contributed by atoms with Gasteiger partial charge in [-0.15, -0.1) is 0 Å². The topological polar surface area (TPSA) is 79.5 Å². The van der Waals surface area contributed by atoms with E-state index in [1.165, 1.54) is 0 Å². The zero-order chi connectivity index (χ0) is 17.4. The van der Waals surface area contributed by atoms with Gasteiger partial charge in [0.1, 0.15) is 5.75 Å². The fourth-order valence-corrected chi connectivity index (χ4v) is 3.89.